The first-order valence-electron chi connectivity index (χ1n) is 4.95. The number of ether oxygens (including phenoxy) is 1. The second-order valence-corrected chi connectivity index (χ2v) is 3.70. The van der Waals surface area contributed by atoms with Crippen LogP contribution < -0.4 is 0 Å². The van der Waals surface area contributed by atoms with Crippen LogP contribution >= 0.6 is 0 Å². The molecule has 1 aliphatic rings. The van der Waals surface area contributed by atoms with E-state index in [4.69, 9.17) is 4.74 Å². The summed E-state index contributed by atoms with van der Waals surface area (Å²) in [6.07, 6.45) is 2.72. The third kappa shape index (κ3) is 1.70. The van der Waals surface area contributed by atoms with Crippen LogP contribution in [-0.4, -0.2) is 12.9 Å². The highest BCUT2D eigenvalue weighted by atomic mass is 16.5. The van der Waals surface area contributed by atoms with Crippen molar-refractivity contribution in [2.45, 2.75) is 25.9 Å². The Labute approximate surface area is 83.9 Å². The van der Waals surface area contributed by atoms with Gasteiger partial charge in [-0.1, -0.05) is 18.2 Å². The van der Waals surface area contributed by atoms with E-state index < -0.39 is 0 Å². The molecule has 1 aromatic carbocycles. The van der Waals surface area contributed by atoms with Crippen LogP contribution in [-0.2, 0) is 17.8 Å². The predicted octanol–water partition coefficient (Wildman–Crippen LogP) is 2.35. The molecule has 0 aromatic heterocycles. The second-order valence-electron chi connectivity index (χ2n) is 3.70. The van der Waals surface area contributed by atoms with E-state index in [0.29, 0.717) is 13.0 Å². The zero-order chi connectivity index (χ0) is 9.97. The van der Waals surface area contributed by atoms with Crippen LogP contribution in [0.15, 0.2) is 18.2 Å². The summed E-state index contributed by atoms with van der Waals surface area (Å²) in [6.45, 7) is 0.626. The molecule has 1 aliphatic carbocycles. The van der Waals surface area contributed by atoms with Gasteiger partial charge in [0.15, 0.2) is 5.78 Å². The van der Waals surface area contributed by atoms with Crippen molar-refractivity contribution in [1.82, 2.24) is 0 Å². The Morgan fingerprint density at radius 1 is 1.36 bits per heavy atom. The Bertz CT molecular complexity index is 355. The van der Waals surface area contributed by atoms with Crippen molar-refractivity contribution >= 4 is 5.78 Å². The molecule has 0 fully saturated rings. The molecule has 0 N–H and O–H groups in total. The molecule has 0 heterocycles. The van der Waals surface area contributed by atoms with E-state index >= 15 is 0 Å². The molecule has 0 radical (unpaired) electrons. The average molecular weight is 190 g/mol. The summed E-state index contributed by atoms with van der Waals surface area (Å²) < 4.78 is 5.06. The summed E-state index contributed by atoms with van der Waals surface area (Å²) in [4.78, 5) is 11.5. The summed E-state index contributed by atoms with van der Waals surface area (Å²) in [7, 11) is 1.69. The SMILES string of the molecule is COCc1ccc2c(c1)CCCC2=O. The number of carbonyl (C=O) groups is 1. The van der Waals surface area contributed by atoms with E-state index in [1.54, 1.807) is 7.11 Å². The number of Topliss-reactive ketones (excluding diaryl/α,β-unsaturated/α-hetero) is 1. The van der Waals surface area contributed by atoms with Gasteiger partial charge in [0.2, 0.25) is 0 Å². The standard InChI is InChI=1S/C12H14O2/c1-14-8-9-5-6-11-10(7-9)3-2-4-12(11)13/h5-7H,2-4,8H2,1H3. The molecule has 0 spiro atoms. The van der Waals surface area contributed by atoms with E-state index in [9.17, 15) is 4.79 Å². The number of methoxy groups -OCH3 is 1. The van der Waals surface area contributed by atoms with E-state index in [1.807, 2.05) is 12.1 Å². The third-order valence-electron chi connectivity index (χ3n) is 2.63. The molecule has 14 heavy (non-hydrogen) atoms. The zero-order valence-electron chi connectivity index (χ0n) is 8.38. The van der Waals surface area contributed by atoms with E-state index in [1.165, 1.54) is 5.56 Å². The van der Waals surface area contributed by atoms with Gasteiger partial charge < -0.3 is 4.74 Å². The number of benzene rings is 1. The molecule has 0 amide bonds. The number of hydrogen-bond donors (Lipinski definition) is 0. The molecule has 1 aromatic rings. The minimum absolute atomic E-state index is 0.287. The fourth-order valence-corrected chi connectivity index (χ4v) is 1.96. The molecule has 0 unspecified atom stereocenters. The van der Waals surface area contributed by atoms with Gasteiger partial charge in [0, 0.05) is 19.1 Å². The van der Waals surface area contributed by atoms with Crippen molar-refractivity contribution in [3.05, 3.63) is 34.9 Å². The maximum atomic E-state index is 11.5. The second kappa shape index (κ2) is 3.93. The number of aryl methyl sites for hydroxylation is 1. The molecule has 0 saturated carbocycles. The van der Waals surface area contributed by atoms with Gasteiger partial charge in [-0.2, -0.15) is 0 Å². The van der Waals surface area contributed by atoms with Gasteiger partial charge in [-0.15, -0.1) is 0 Å². The monoisotopic (exact) mass is 190 g/mol. The predicted molar refractivity (Wildman–Crippen MR) is 54.4 cm³/mol. The zero-order valence-corrected chi connectivity index (χ0v) is 8.38. The molecule has 74 valence electrons. The molecule has 0 aliphatic heterocycles. The molecule has 2 heteroatoms. The number of fused-ring (bicyclic) bond motifs is 1. The minimum atomic E-state index is 0.287. The topological polar surface area (TPSA) is 26.3 Å². The van der Waals surface area contributed by atoms with Crippen molar-refractivity contribution in [3.8, 4) is 0 Å². The van der Waals surface area contributed by atoms with E-state index in [-0.39, 0.29) is 5.78 Å². The highest BCUT2D eigenvalue weighted by Gasteiger charge is 2.16. The van der Waals surface area contributed by atoms with Gasteiger partial charge in [-0.25, -0.2) is 0 Å². The first kappa shape index (κ1) is 9.41. The maximum absolute atomic E-state index is 11.5. The van der Waals surface area contributed by atoms with Crippen molar-refractivity contribution in [3.63, 3.8) is 0 Å². The number of ketones is 1. The van der Waals surface area contributed by atoms with Gasteiger partial charge in [0.1, 0.15) is 0 Å². The van der Waals surface area contributed by atoms with Gasteiger partial charge >= 0.3 is 0 Å². The van der Waals surface area contributed by atoms with E-state index in [2.05, 4.69) is 6.07 Å². The molecule has 2 nitrogen and oxygen atoms in total. The number of rotatable bonds is 2. The minimum Gasteiger partial charge on any atom is -0.380 e. The number of carbonyl (C=O) groups excluding carboxylic acids is 1. The van der Waals surface area contributed by atoms with Gasteiger partial charge in [0.05, 0.1) is 6.61 Å². The normalized spacial score (nSPS) is 15.4. The molecule has 0 atom stereocenters. The lowest BCUT2D eigenvalue weighted by Gasteiger charge is -2.15. The van der Waals surface area contributed by atoms with Crippen molar-refractivity contribution in [2.24, 2.45) is 0 Å². The molecule has 0 bridgehead atoms. The third-order valence-corrected chi connectivity index (χ3v) is 2.63. The first-order valence-corrected chi connectivity index (χ1v) is 4.95. The Balaban J connectivity index is 2.34. The Kier molecular flexibility index (Phi) is 2.64. The van der Waals surface area contributed by atoms with Crippen molar-refractivity contribution in [2.75, 3.05) is 7.11 Å². The van der Waals surface area contributed by atoms with Gasteiger partial charge in [-0.05, 0) is 24.0 Å². The summed E-state index contributed by atoms with van der Waals surface area (Å²) in [5.41, 5.74) is 3.26. The van der Waals surface area contributed by atoms with Crippen LogP contribution in [0.25, 0.3) is 0 Å². The quantitative estimate of drug-likeness (QED) is 0.715. The van der Waals surface area contributed by atoms with Crippen LogP contribution in [0.5, 0.6) is 0 Å². The Morgan fingerprint density at radius 2 is 2.21 bits per heavy atom. The highest BCUT2D eigenvalue weighted by Crippen LogP contribution is 2.22. The smallest absolute Gasteiger partial charge is 0.163 e. The van der Waals surface area contributed by atoms with Crippen LogP contribution in [0.2, 0.25) is 0 Å². The van der Waals surface area contributed by atoms with Gasteiger partial charge in [0.25, 0.3) is 0 Å². The average Bonchev–Trinajstić information content (AvgIpc) is 2.18. The summed E-state index contributed by atoms with van der Waals surface area (Å²) in [5, 5.41) is 0. The summed E-state index contributed by atoms with van der Waals surface area (Å²) in [5.74, 6) is 0.287. The first-order chi connectivity index (χ1) is 6.81. The lowest BCUT2D eigenvalue weighted by atomic mass is 9.89. The van der Waals surface area contributed by atoms with Crippen LogP contribution in [0.4, 0.5) is 0 Å². The molecular weight excluding hydrogens is 176 g/mol. The van der Waals surface area contributed by atoms with Crippen LogP contribution in [0.3, 0.4) is 0 Å². The molecular formula is C12H14O2. The largest absolute Gasteiger partial charge is 0.380 e. The van der Waals surface area contributed by atoms with Crippen molar-refractivity contribution < 1.29 is 9.53 Å². The maximum Gasteiger partial charge on any atom is 0.163 e. The fraction of sp³-hybridized carbons (Fsp3) is 0.417. The molecule has 0 saturated heterocycles. The number of hydrogen-bond acceptors (Lipinski definition) is 2. The Morgan fingerprint density at radius 3 is 3.00 bits per heavy atom. The fourth-order valence-electron chi connectivity index (χ4n) is 1.96. The Hall–Kier alpha value is -1.15. The van der Waals surface area contributed by atoms with Gasteiger partial charge in [-0.3, -0.25) is 4.79 Å². The molecule has 2 rings (SSSR count). The summed E-state index contributed by atoms with van der Waals surface area (Å²) in [6, 6.07) is 6.01. The lowest BCUT2D eigenvalue weighted by molar-refractivity contribution is 0.0972. The van der Waals surface area contributed by atoms with Crippen LogP contribution in [0.1, 0.15) is 34.3 Å². The highest BCUT2D eigenvalue weighted by molar-refractivity contribution is 5.98. The van der Waals surface area contributed by atoms with E-state index in [0.717, 1.165) is 24.0 Å². The van der Waals surface area contributed by atoms with Crippen molar-refractivity contribution in [1.29, 1.82) is 0 Å². The van der Waals surface area contributed by atoms with Crippen LogP contribution in [0, 0.1) is 0 Å². The summed E-state index contributed by atoms with van der Waals surface area (Å²) >= 11 is 0. The lowest BCUT2D eigenvalue weighted by Crippen LogP contribution is -2.11.